The topological polar surface area (TPSA) is 72.6 Å². The SMILES string of the molecule is COC(=O)c1ccc(C(O)c2ccc(C)nc2)o1. The van der Waals surface area contributed by atoms with Crippen molar-refractivity contribution < 1.29 is 19.1 Å². The molecule has 1 N–H and O–H groups in total. The van der Waals surface area contributed by atoms with Gasteiger partial charge in [-0.2, -0.15) is 0 Å². The fourth-order valence-corrected chi connectivity index (χ4v) is 1.52. The molecule has 0 amide bonds. The quantitative estimate of drug-likeness (QED) is 0.838. The number of aliphatic hydroxyl groups excluding tert-OH is 1. The first-order valence-corrected chi connectivity index (χ1v) is 5.40. The monoisotopic (exact) mass is 247 g/mol. The molecule has 1 atom stereocenters. The van der Waals surface area contributed by atoms with Crippen LogP contribution in [0.5, 0.6) is 0 Å². The smallest absolute Gasteiger partial charge is 0.373 e. The number of methoxy groups -OCH3 is 1. The molecule has 0 saturated carbocycles. The maximum atomic E-state index is 11.2. The highest BCUT2D eigenvalue weighted by Gasteiger charge is 2.18. The average Bonchev–Trinajstić information content (AvgIpc) is 2.87. The van der Waals surface area contributed by atoms with E-state index in [1.165, 1.54) is 19.2 Å². The Labute approximate surface area is 104 Å². The zero-order valence-corrected chi connectivity index (χ0v) is 10.1. The van der Waals surface area contributed by atoms with E-state index < -0.39 is 12.1 Å². The van der Waals surface area contributed by atoms with Gasteiger partial charge in [0.05, 0.1) is 7.11 Å². The van der Waals surface area contributed by atoms with E-state index in [1.54, 1.807) is 18.3 Å². The van der Waals surface area contributed by atoms with Crippen molar-refractivity contribution in [2.75, 3.05) is 7.11 Å². The number of ether oxygens (including phenoxy) is 1. The summed E-state index contributed by atoms with van der Waals surface area (Å²) in [5.74, 6) is -0.233. The summed E-state index contributed by atoms with van der Waals surface area (Å²) in [6, 6.07) is 6.55. The molecule has 2 heterocycles. The van der Waals surface area contributed by atoms with Crippen LogP contribution < -0.4 is 0 Å². The van der Waals surface area contributed by atoms with Crippen molar-refractivity contribution in [3.63, 3.8) is 0 Å². The van der Waals surface area contributed by atoms with Crippen LogP contribution in [0.15, 0.2) is 34.9 Å². The molecule has 2 aromatic rings. The molecule has 0 aliphatic rings. The van der Waals surface area contributed by atoms with Gasteiger partial charge in [-0.25, -0.2) is 4.79 Å². The Morgan fingerprint density at radius 3 is 2.78 bits per heavy atom. The number of carbonyl (C=O) groups is 1. The van der Waals surface area contributed by atoms with Gasteiger partial charge < -0.3 is 14.3 Å². The summed E-state index contributed by atoms with van der Waals surface area (Å²) in [7, 11) is 1.27. The average molecular weight is 247 g/mol. The van der Waals surface area contributed by atoms with Gasteiger partial charge in [0.1, 0.15) is 11.9 Å². The Kier molecular flexibility index (Phi) is 3.43. The molecular formula is C13H13NO4. The van der Waals surface area contributed by atoms with E-state index in [9.17, 15) is 9.90 Å². The molecule has 0 fully saturated rings. The fourth-order valence-electron chi connectivity index (χ4n) is 1.52. The maximum Gasteiger partial charge on any atom is 0.373 e. The summed E-state index contributed by atoms with van der Waals surface area (Å²) in [5, 5.41) is 10.1. The second kappa shape index (κ2) is 5.01. The van der Waals surface area contributed by atoms with E-state index in [1.807, 2.05) is 6.92 Å². The molecule has 0 saturated heterocycles. The number of furan rings is 1. The van der Waals surface area contributed by atoms with Crippen molar-refractivity contribution in [3.05, 3.63) is 53.2 Å². The first-order chi connectivity index (χ1) is 8.61. The molecule has 2 aromatic heterocycles. The van der Waals surface area contributed by atoms with Crippen LogP contribution in [0.2, 0.25) is 0 Å². The third-order valence-electron chi connectivity index (χ3n) is 2.53. The van der Waals surface area contributed by atoms with Gasteiger partial charge in [0.25, 0.3) is 0 Å². The van der Waals surface area contributed by atoms with Crippen molar-refractivity contribution >= 4 is 5.97 Å². The molecule has 1 unspecified atom stereocenters. The lowest BCUT2D eigenvalue weighted by Gasteiger charge is -2.07. The van der Waals surface area contributed by atoms with Gasteiger partial charge in [-0.15, -0.1) is 0 Å². The van der Waals surface area contributed by atoms with Crippen molar-refractivity contribution in [2.45, 2.75) is 13.0 Å². The summed E-state index contributed by atoms with van der Waals surface area (Å²) < 4.78 is 9.75. The number of aliphatic hydroxyl groups is 1. The number of aromatic nitrogens is 1. The molecule has 2 rings (SSSR count). The number of nitrogens with zero attached hydrogens (tertiary/aromatic N) is 1. The van der Waals surface area contributed by atoms with Crippen LogP contribution >= 0.6 is 0 Å². The van der Waals surface area contributed by atoms with Crippen LogP contribution in [0, 0.1) is 6.92 Å². The number of carbonyl (C=O) groups excluding carboxylic acids is 1. The molecule has 18 heavy (non-hydrogen) atoms. The van der Waals surface area contributed by atoms with E-state index in [0.717, 1.165) is 5.69 Å². The highest BCUT2D eigenvalue weighted by atomic mass is 16.5. The van der Waals surface area contributed by atoms with Gasteiger partial charge in [0.15, 0.2) is 0 Å². The van der Waals surface area contributed by atoms with Crippen LogP contribution in [0.4, 0.5) is 0 Å². The molecule has 94 valence electrons. The predicted molar refractivity (Wildman–Crippen MR) is 63.1 cm³/mol. The van der Waals surface area contributed by atoms with Crippen molar-refractivity contribution in [1.29, 1.82) is 0 Å². The molecule has 5 nitrogen and oxygen atoms in total. The van der Waals surface area contributed by atoms with Crippen LogP contribution in [-0.2, 0) is 4.74 Å². The third-order valence-corrected chi connectivity index (χ3v) is 2.53. The molecule has 0 bridgehead atoms. The highest BCUT2D eigenvalue weighted by molar-refractivity contribution is 5.86. The zero-order chi connectivity index (χ0) is 13.1. The van der Waals surface area contributed by atoms with E-state index >= 15 is 0 Å². The Bertz CT molecular complexity index is 544. The second-order valence-electron chi connectivity index (χ2n) is 3.83. The Morgan fingerprint density at radius 2 is 2.17 bits per heavy atom. The second-order valence-corrected chi connectivity index (χ2v) is 3.83. The lowest BCUT2D eigenvalue weighted by molar-refractivity contribution is 0.0558. The standard InChI is InChI=1S/C13H13NO4/c1-8-3-4-9(7-14-8)12(15)10-5-6-11(18-10)13(16)17-2/h3-7,12,15H,1-2H3. The molecule has 0 spiro atoms. The number of hydrogen-bond donors (Lipinski definition) is 1. The number of rotatable bonds is 3. The lowest BCUT2D eigenvalue weighted by Crippen LogP contribution is -2.01. The molecule has 0 aliphatic heterocycles. The number of pyridine rings is 1. The third kappa shape index (κ3) is 2.41. The van der Waals surface area contributed by atoms with E-state index in [0.29, 0.717) is 5.56 Å². The summed E-state index contributed by atoms with van der Waals surface area (Å²) in [5.41, 5.74) is 1.46. The van der Waals surface area contributed by atoms with Gasteiger partial charge in [0, 0.05) is 17.5 Å². The number of esters is 1. The zero-order valence-electron chi connectivity index (χ0n) is 10.1. The minimum atomic E-state index is -0.948. The lowest BCUT2D eigenvalue weighted by atomic mass is 10.1. The van der Waals surface area contributed by atoms with Crippen LogP contribution in [-0.4, -0.2) is 23.2 Å². The number of aryl methyl sites for hydroxylation is 1. The van der Waals surface area contributed by atoms with Crippen LogP contribution in [0.1, 0.15) is 33.7 Å². The van der Waals surface area contributed by atoms with Gasteiger partial charge in [-0.3, -0.25) is 4.98 Å². The minimum absolute atomic E-state index is 0.0617. The van der Waals surface area contributed by atoms with E-state index in [-0.39, 0.29) is 11.5 Å². The molecular weight excluding hydrogens is 234 g/mol. The predicted octanol–water partition coefficient (Wildman–Crippen LogP) is 1.85. The van der Waals surface area contributed by atoms with Gasteiger partial charge in [-0.1, -0.05) is 6.07 Å². The molecule has 0 aromatic carbocycles. The van der Waals surface area contributed by atoms with Crippen molar-refractivity contribution in [3.8, 4) is 0 Å². The van der Waals surface area contributed by atoms with Gasteiger partial charge >= 0.3 is 5.97 Å². The van der Waals surface area contributed by atoms with Gasteiger partial charge in [0.2, 0.25) is 5.76 Å². The summed E-state index contributed by atoms with van der Waals surface area (Å²) in [4.78, 5) is 15.3. The Balaban J connectivity index is 2.23. The summed E-state index contributed by atoms with van der Waals surface area (Å²) >= 11 is 0. The maximum absolute atomic E-state index is 11.2. The van der Waals surface area contributed by atoms with E-state index in [2.05, 4.69) is 9.72 Å². The number of hydrogen-bond acceptors (Lipinski definition) is 5. The summed E-state index contributed by atoms with van der Waals surface area (Å²) in [6.45, 7) is 1.86. The summed E-state index contributed by atoms with van der Waals surface area (Å²) in [6.07, 6.45) is 0.622. The minimum Gasteiger partial charge on any atom is -0.463 e. The van der Waals surface area contributed by atoms with Crippen LogP contribution in [0.25, 0.3) is 0 Å². The van der Waals surface area contributed by atoms with Crippen molar-refractivity contribution in [2.24, 2.45) is 0 Å². The Morgan fingerprint density at radius 1 is 1.39 bits per heavy atom. The molecule has 0 aliphatic carbocycles. The largest absolute Gasteiger partial charge is 0.463 e. The Hall–Kier alpha value is -2.14. The normalized spacial score (nSPS) is 12.2. The van der Waals surface area contributed by atoms with E-state index in [4.69, 9.17) is 4.42 Å². The molecule has 0 radical (unpaired) electrons. The first-order valence-electron chi connectivity index (χ1n) is 5.40. The highest BCUT2D eigenvalue weighted by Crippen LogP contribution is 2.23. The van der Waals surface area contributed by atoms with Crippen LogP contribution in [0.3, 0.4) is 0 Å². The molecule has 5 heteroatoms. The first kappa shape index (κ1) is 12.3. The van der Waals surface area contributed by atoms with Gasteiger partial charge in [-0.05, 0) is 25.1 Å². The fraction of sp³-hybridized carbons (Fsp3) is 0.231. The van der Waals surface area contributed by atoms with Crippen molar-refractivity contribution in [1.82, 2.24) is 4.98 Å².